The zero-order valence-corrected chi connectivity index (χ0v) is 7.49. The van der Waals surface area contributed by atoms with Crippen molar-refractivity contribution >= 4 is 11.9 Å². The van der Waals surface area contributed by atoms with E-state index in [0.717, 1.165) is 0 Å². The number of rotatable bonds is 5. The van der Waals surface area contributed by atoms with Crippen LogP contribution in [0.5, 0.6) is 0 Å². The summed E-state index contributed by atoms with van der Waals surface area (Å²) in [5, 5.41) is 10.7. The number of carboxylic acids is 1. The largest absolute Gasteiger partial charge is 0.480 e. The van der Waals surface area contributed by atoms with Crippen LogP contribution in [0.1, 0.15) is 13.3 Å². The van der Waals surface area contributed by atoms with Crippen molar-refractivity contribution in [3.63, 3.8) is 0 Å². The van der Waals surface area contributed by atoms with Gasteiger partial charge >= 0.3 is 5.97 Å². The number of amides is 1. The van der Waals surface area contributed by atoms with Gasteiger partial charge in [-0.1, -0.05) is 6.08 Å². The number of hydrogen-bond donors (Lipinski definition) is 3. The molecule has 0 aromatic heterocycles. The number of hydrogen-bond acceptors (Lipinski definition) is 3. The molecule has 0 saturated carbocycles. The Bertz CT molecular complexity index is 215. The van der Waals surface area contributed by atoms with E-state index in [-0.39, 0.29) is 0 Å². The SMILES string of the molecule is C=CCC(N)C(=O)NC(C)C(=O)O. The van der Waals surface area contributed by atoms with Crippen LogP contribution in [0, 0.1) is 0 Å². The maximum atomic E-state index is 11.1. The van der Waals surface area contributed by atoms with Crippen LogP contribution in [0.25, 0.3) is 0 Å². The molecule has 74 valence electrons. The first-order valence-corrected chi connectivity index (χ1v) is 3.88. The second kappa shape index (κ2) is 5.31. The van der Waals surface area contributed by atoms with Crippen molar-refractivity contribution in [1.29, 1.82) is 0 Å². The lowest BCUT2D eigenvalue weighted by Crippen LogP contribution is -2.46. The Kier molecular flexibility index (Phi) is 4.76. The third kappa shape index (κ3) is 4.27. The molecule has 2 atom stereocenters. The van der Waals surface area contributed by atoms with E-state index in [1.54, 1.807) is 0 Å². The highest BCUT2D eigenvalue weighted by Gasteiger charge is 2.17. The smallest absolute Gasteiger partial charge is 0.325 e. The molecule has 4 N–H and O–H groups in total. The maximum absolute atomic E-state index is 11.1. The fourth-order valence-electron chi connectivity index (χ4n) is 0.669. The summed E-state index contributed by atoms with van der Waals surface area (Å²) < 4.78 is 0. The minimum Gasteiger partial charge on any atom is -0.480 e. The van der Waals surface area contributed by atoms with E-state index in [1.165, 1.54) is 13.0 Å². The normalized spacial score (nSPS) is 14.3. The van der Waals surface area contributed by atoms with Gasteiger partial charge in [-0.3, -0.25) is 9.59 Å². The van der Waals surface area contributed by atoms with Gasteiger partial charge in [-0.2, -0.15) is 0 Å². The van der Waals surface area contributed by atoms with Crippen molar-refractivity contribution in [3.05, 3.63) is 12.7 Å². The number of carbonyl (C=O) groups is 2. The fourth-order valence-corrected chi connectivity index (χ4v) is 0.669. The molecule has 0 aromatic carbocycles. The Labute approximate surface area is 76.6 Å². The fraction of sp³-hybridized carbons (Fsp3) is 0.500. The number of aliphatic carboxylic acids is 1. The van der Waals surface area contributed by atoms with E-state index < -0.39 is 24.0 Å². The minimum absolute atomic E-state index is 0.332. The Morgan fingerprint density at radius 3 is 2.62 bits per heavy atom. The summed E-state index contributed by atoms with van der Waals surface area (Å²) in [5.74, 6) is -1.56. The summed E-state index contributed by atoms with van der Waals surface area (Å²) in [4.78, 5) is 21.4. The lowest BCUT2D eigenvalue weighted by molar-refractivity contribution is -0.141. The molecule has 0 aliphatic rings. The molecule has 0 aliphatic carbocycles. The van der Waals surface area contributed by atoms with Crippen LogP contribution in [0.4, 0.5) is 0 Å². The summed E-state index contributed by atoms with van der Waals surface area (Å²) in [6.45, 7) is 4.80. The van der Waals surface area contributed by atoms with E-state index in [1.807, 2.05) is 0 Å². The molecule has 1 amide bonds. The molecular formula is C8H14N2O3. The summed E-state index contributed by atoms with van der Waals surface area (Å²) in [6, 6.07) is -1.64. The Hall–Kier alpha value is -1.36. The molecule has 0 fully saturated rings. The molecule has 13 heavy (non-hydrogen) atoms. The minimum atomic E-state index is -1.08. The van der Waals surface area contributed by atoms with Gasteiger partial charge in [-0.25, -0.2) is 0 Å². The topological polar surface area (TPSA) is 92.4 Å². The number of carbonyl (C=O) groups excluding carboxylic acids is 1. The van der Waals surface area contributed by atoms with Gasteiger partial charge in [-0.15, -0.1) is 6.58 Å². The van der Waals surface area contributed by atoms with Crippen molar-refractivity contribution in [2.45, 2.75) is 25.4 Å². The Morgan fingerprint density at radius 1 is 1.69 bits per heavy atom. The maximum Gasteiger partial charge on any atom is 0.325 e. The lowest BCUT2D eigenvalue weighted by Gasteiger charge is -2.12. The van der Waals surface area contributed by atoms with Gasteiger partial charge in [0, 0.05) is 0 Å². The van der Waals surface area contributed by atoms with Crippen LogP contribution in [-0.4, -0.2) is 29.1 Å². The Balaban J connectivity index is 3.99. The Morgan fingerprint density at radius 2 is 2.23 bits per heavy atom. The summed E-state index contributed by atoms with van der Waals surface area (Å²) in [7, 11) is 0. The van der Waals surface area contributed by atoms with Gasteiger partial charge in [0.25, 0.3) is 0 Å². The molecule has 0 saturated heterocycles. The van der Waals surface area contributed by atoms with Gasteiger partial charge in [0.15, 0.2) is 0 Å². The van der Waals surface area contributed by atoms with Gasteiger partial charge in [0.1, 0.15) is 6.04 Å². The molecule has 0 radical (unpaired) electrons. The zero-order chi connectivity index (χ0) is 10.4. The number of nitrogens with two attached hydrogens (primary N) is 1. The van der Waals surface area contributed by atoms with E-state index in [9.17, 15) is 9.59 Å². The molecule has 0 bridgehead atoms. The number of nitrogens with one attached hydrogen (secondary N) is 1. The predicted molar refractivity (Wildman–Crippen MR) is 48.0 cm³/mol. The van der Waals surface area contributed by atoms with Crippen molar-refractivity contribution in [1.82, 2.24) is 5.32 Å². The van der Waals surface area contributed by atoms with Gasteiger partial charge < -0.3 is 16.2 Å². The quantitative estimate of drug-likeness (QED) is 0.504. The average Bonchev–Trinajstić information content (AvgIpc) is 2.04. The van der Waals surface area contributed by atoms with Crippen molar-refractivity contribution < 1.29 is 14.7 Å². The van der Waals surface area contributed by atoms with Gasteiger partial charge in [0.05, 0.1) is 6.04 Å². The van der Waals surface area contributed by atoms with E-state index in [2.05, 4.69) is 11.9 Å². The number of carboxylic acid groups (broad SMARTS) is 1. The summed E-state index contributed by atoms with van der Waals surface area (Å²) in [6.07, 6.45) is 1.84. The molecule has 0 aromatic rings. The monoisotopic (exact) mass is 186 g/mol. The van der Waals surface area contributed by atoms with Crippen LogP contribution in [0.3, 0.4) is 0 Å². The van der Waals surface area contributed by atoms with Crippen molar-refractivity contribution in [2.24, 2.45) is 5.73 Å². The van der Waals surface area contributed by atoms with E-state index >= 15 is 0 Å². The molecule has 0 spiro atoms. The third-order valence-electron chi connectivity index (χ3n) is 1.49. The molecule has 0 heterocycles. The standard InChI is InChI=1S/C8H14N2O3/c1-3-4-6(9)7(11)10-5(2)8(12)13/h3,5-6H,1,4,9H2,2H3,(H,10,11)(H,12,13). The molecule has 5 heteroatoms. The third-order valence-corrected chi connectivity index (χ3v) is 1.49. The van der Waals surface area contributed by atoms with Crippen LogP contribution < -0.4 is 11.1 Å². The molecule has 0 rings (SSSR count). The van der Waals surface area contributed by atoms with Crippen LogP contribution in [0.2, 0.25) is 0 Å². The first-order chi connectivity index (χ1) is 5.99. The van der Waals surface area contributed by atoms with Crippen LogP contribution in [-0.2, 0) is 9.59 Å². The van der Waals surface area contributed by atoms with Gasteiger partial charge in [0.2, 0.25) is 5.91 Å². The molecule has 5 nitrogen and oxygen atoms in total. The average molecular weight is 186 g/mol. The molecule has 2 unspecified atom stereocenters. The van der Waals surface area contributed by atoms with Crippen molar-refractivity contribution in [2.75, 3.05) is 0 Å². The highest BCUT2D eigenvalue weighted by molar-refractivity contribution is 5.86. The van der Waals surface area contributed by atoms with E-state index in [4.69, 9.17) is 10.8 Å². The van der Waals surface area contributed by atoms with Crippen LogP contribution >= 0.6 is 0 Å². The first kappa shape index (κ1) is 11.6. The lowest BCUT2D eigenvalue weighted by atomic mass is 10.2. The summed E-state index contributed by atoms with van der Waals surface area (Å²) in [5.41, 5.74) is 5.40. The molecular weight excluding hydrogens is 172 g/mol. The predicted octanol–water partition coefficient (Wildman–Crippen LogP) is -0.521. The summed E-state index contributed by atoms with van der Waals surface area (Å²) >= 11 is 0. The zero-order valence-electron chi connectivity index (χ0n) is 7.49. The highest BCUT2D eigenvalue weighted by Crippen LogP contribution is 1.90. The van der Waals surface area contributed by atoms with E-state index in [0.29, 0.717) is 6.42 Å². The van der Waals surface area contributed by atoms with Gasteiger partial charge in [-0.05, 0) is 13.3 Å². The second-order valence-corrected chi connectivity index (χ2v) is 2.70. The molecule has 0 aliphatic heterocycles. The first-order valence-electron chi connectivity index (χ1n) is 3.88. The second-order valence-electron chi connectivity index (χ2n) is 2.70. The van der Waals surface area contributed by atoms with Crippen molar-refractivity contribution in [3.8, 4) is 0 Å². The highest BCUT2D eigenvalue weighted by atomic mass is 16.4. The van der Waals surface area contributed by atoms with Crippen LogP contribution in [0.15, 0.2) is 12.7 Å².